The van der Waals surface area contributed by atoms with E-state index < -0.39 is 0 Å². The molecule has 0 radical (unpaired) electrons. The predicted octanol–water partition coefficient (Wildman–Crippen LogP) is 5.13. The van der Waals surface area contributed by atoms with Gasteiger partial charge in [0.05, 0.1) is 0 Å². The fraction of sp³-hybridized carbons (Fsp3) is 0.625. The summed E-state index contributed by atoms with van der Waals surface area (Å²) in [5.41, 5.74) is 2.37. The second kappa shape index (κ2) is 6.25. The maximum atomic E-state index is 13.8. The minimum absolute atomic E-state index is 0.0998. The number of anilines is 1. The Morgan fingerprint density at radius 3 is 2.37 bits per heavy atom. The van der Waals surface area contributed by atoms with Gasteiger partial charge in [0.15, 0.2) is 0 Å². The molecule has 0 aromatic heterocycles. The van der Waals surface area contributed by atoms with Crippen molar-refractivity contribution in [2.75, 3.05) is 18.0 Å². The summed E-state index contributed by atoms with van der Waals surface area (Å²) >= 11 is 3.41. The monoisotopic (exact) mass is 327 g/mol. The molecule has 0 bridgehead atoms. The number of hydrogen-bond donors (Lipinski definition) is 0. The largest absolute Gasteiger partial charge is 0.371 e. The summed E-state index contributed by atoms with van der Waals surface area (Å²) in [7, 11) is 0. The molecule has 2 rings (SSSR count). The van der Waals surface area contributed by atoms with Gasteiger partial charge in [0.25, 0.3) is 0 Å². The van der Waals surface area contributed by atoms with Gasteiger partial charge >= 0.3 is 0 Å². The maximum absolute atomic E-state index is 13.8. The first-order valence-electron chi connectivity index (χ1n) is 7.24. The van der Waals surface area contributed by atoms with Crippen molar-refractivity contribution in [2.24, 2.45) is 5.41 Å². The van der Waals surface area contributed by atoms with E-state index >= 15 is 0 Å². The lowest BCUT2D eigenvalue weighted by Crippen LogP contribution is -2.40. The van der Waals surface area contributed by atoms with Gasteiger partial charge in [0, 0.05) is 29.7 Å². The van der Waals surface area contributed by atoms with E-state index in [1.165, 1.54) is 25.7 Å². The third-order valence-electron chi connectivity index (χ3n) is 4.89. The molecule has 0 spiro atoms. The smallest absolute Gasteiger partial charge is 0.129 e. The van der Waals surface area contributed by atoms with Gasteiger partial charge in [-0.05, 0) is 30.4 Å². The number of rotatable bonds is 4. The topological polar surface area (TPSA) is 3.24 Å². The zero-order chi connectivity index (χ0) is 13.9. The lowest BCUT2D eigenvalue weighted by molar-refractivity contribution is 0.199. The molecule has 1 aliphatic heterocycles. The Labute approximate surface area is 124 Å². The van der Waals surface area contributed by atoms with E-state index in [1.54, 1.807) is 6.07 Å². The van der Waals surface area contributed by atoms with Gasteiger partial charge in [-0.1, -0.05) is 48.7 Å². The SMILES string of the molecule is CCC1(CC)CCN(c2cccc(F)c2CBr)CC1. The van der Waals surface area contributed by atoms with E-state index in [0.29, 0.717) is 10.7 Å². The van der Waals surface area contributed by atoms with Gasteiger partial charge in [0.1, 0.15) is 5.82 Å². The molecule has 0 N–H and O–H groups in total. The first-order chi connectivity index (χ1) is 9.15. The third kappa shape index (κ3) is 2.96. The number of nitrogens with zero attached hydrogens (tertiary/aromatic N) is 1. The Balaban J connectivity index is 2.16. The highest BCUT2D eigenvalue weighted by atomic mass is 79.9. The molecule has 1 fully saturated rings. The molecular formula is C16H23BrFN. The Kier molecular flexibility index (Phi) is 4.88. The minimum atomic E-state index is -0.0998. The first-order valence-corrected chi connectivity index (χ1v) is 8.36. The maximum Gasteiger partial charge on any atom is 0.129 e. The second-order valence-corrected chi connectivity index (χ2v) is 6.13. The summed E-state index contributed by atoms with van der Waals surface area (Å²) in [5, 5.41) is 0.582. The molecule has 106 valence electrons. The van der Waals surface area contributed by atoms with Crippen LogP contribution in [0, 0.1) is 11.2 Å². The van der Waals surface area contributed by atoms with Crippen molar-refractivity contribution < 1.29 is 4.39 Å². The molecule has 1 heterocycles. The van der Waals surface area contributed by atoms with Crippen LogP contribution in [0.4, 0.5) is 10.1 Å². The summed E-state index contributed by atoms with van der Waals surface area (Å²) in [5.74, 6) is -0.0998. The molecule has 1 aliphatic rings. The van der Waals surface area contributed by atoms with Crippen LogP contribution >= 0.6 is 15.9 Å². The molecule has 0 atom stereocenters. The molecule has 1 aromatic carbocycles. The predicted molar refractivity (Wildman–Crippen MR) is 83.5 cm³/mol. The van der Waals surface area contributed by atoms with Crippen LogP contribution in [-0.4, -0.2) is 13.1 Å². The Hall–Kier alpha value is -0.570. The van der Waals surface area contributed by atoms with Gasteiger partial charge in [-0.3, -0.25) is 0 Å². The molecule has 1 nitrogen and oxygen atoms in total. The lowest BCUT2D eigenvalue weighted by atomic mass is 9.74. The van der Waals surface area contributed by atoms with Gasteiger partial charge in [-0.15, -0.1) is 0 Å². The Bertz CT molecular complexity index is 419. The molecule has 0 amide bonds. The molecule has 1 aromatic rings. The van der Waals surface area contributed by atoms with Gasteiger partial charge in [-0.25, -0.2) is 4.39 Å². The van der Waals surface area contributed by atoms with Gasteiger partial charge < -0.3 is 4.90 Å². The number of halogens is 2. The van der Waals surface area contributed by atoms with E-state index in [9.17, 15) is 4.39 Å². The lowest BCUT2D eigenvalue weighted by Gasteiger charge is -2.42. The van der Waals surface area contributed by atoms with Crippen molar-refractivity contribution >= 4 is 21.6 Å². The van der Waals surface area contributed by atoms with Crippen LogP contribution < -0.4 is 4.90 Å². The number of alkyl halides is 1. The van der Waals surface area contributed by atoms with Crippen LogP contribution in [0.15, 0.2) is 18.2 Å². The van der Waals surface area contributed by atoms with Crippen LogP contribution in [0.3, 0.4) is 0 Å². The van der Waals surface area contributed by atoms with Crippen molar-refractivity contribution in [1.82, 2.24) is 0 Å². The fourth-order valence-corrected chi connectivity index (χ4v) is 3.71. The quantitative estimate of drug-likeness (QED) is 0.693. The highest BCUT2D eigenvalue weighted by Crippen LogP contribution is 2.40. The van der Waals surface area contributed by atoms with Crippen LogP contribution in [0.25, 0.3) is 0 Å². The van der Waals surface area contributed by atoms with Crippen molar-refractivity contribution in [2.45, 2.75) is 44.9 Å². The van der Waals surface area contributed by atoms with Crippen molar-refractivity contribution in [3.05, 3.63) is 29.6 Å². The molecule has 0 aliphatic carbocycles. The van der Waals surface area contributed by atoms with E-state index in [4.69, 9.17) is 0 Å². The van der Waals surface area contributed by atoms with Crippen molar-refractivity contribution in [1.29, 1.82) is 0 Å². The zero-order valence-corrected chi connectivity index (χ0v) is 13.5. The molecular weight excluding hydrogens is 305 g/mol. The third-order valence-corrected chi connectivity index (χ3v) is 5.45. The molecule has 3 heteroatoms. The van der Waals surface area contributed by atoms with Crippen LogP contribution in [0.2, 0.25) is 0 Å². The summed E-state index contributed by atoms with van der Waals surface area (Å²) in [6.45, 7) is 6.69. The molecule has 1 saturated heterocycles. The zero-order valence-electron chi connectivity index (χ0n) is 11.9. The van der Waals surface area contributed by atoms with Crippen LogP contribution in [0.1, 0.15) is 45.1 Å². The summed E-state index contributed by atoms with van der Waals surface area (Å²) in [4.78, 5) is 2.35. The van der Waals surface area contributed by atoms with E-state index in [2.05, 4.69) is 34.7 Å². The molecule has 19 heavy (non-hydrogen) atoms. The van der Waals surface area contributed by atoms with Crippen molar-refractivity contribution in [3.63, 3.8) is 0 Å². The summed E-state index contributed by atoms with van der Waals surface area (Å²) in [6.07, 6.45) is 4.95. The Morgan fingerprint density at radius 1 is 1.21 bits per heavy atom. The number of piperidine rings is 1. The Morgan fingerprint density at radius 2 is 1.84 bits per heavy atom. The fourth-order valence-electron chi connectivity index (χ4n) is 3.15. The number of hydrogen-bond acceptors (Lipinski definition) is 1. The van der Waals surface area contributed by atoms with E-state index in [1.807, 2.05) is 12.1 Å². The van der Waals surface area contributed by atoms with Crippen molar-refractivity contribution in [3.8, 4) is 0 Å². The van der Waals surface area contributed by atoms with E-state index in [0.717, 1.165) is 24.3 Å². The molecule has 0 unspecified atom stereocenters. The standard InChI is InChI=1S/C16H23BrFN/c1-3-16(4-2)8-10-19(11-9-16)15-7-5-6-14(18)13(15)12-17/h5-7H,3-4,8-12H2,1-2H3. The van der Waals surface area contributed by atoms with Gasteiger partial charge in [-0.2, -0.15) is 0 Å². The average Bonchev–Trinajstić information content (AvgIpc) is 2.47. The molecule has 0 saturated carbocycles. The van der Waals surface area contributed by atoms with Crippen LogP contribution in [-0.2, 0) is 5.33 Å². The number of benzene rings is 1. The van der Waals surface area contributed by atoms with Crippen LogP contribution in [0.5, 0.6) is 0 Å². The first kappa shape index (κ1) is 14.8. The summed E-state index contributed by atoms with van der Waals surface area (Å²) < 4.78 is 13.8. The highest BCUT2D eigenvalue weighted by Gasteiger charge is 2.31. The summed E-state index contributed by atoms with van der Waals surface area (Å²) in [6, 6.07) is 5.41. The van der Waals surface area contributed by atoms with Gasteiger partial charge in [0.2, 0.25) is 0 Å². The van der Waals surface area contributed by atoms with E-state index in [-0.39, 0.29) is 5.82 Å². The average molecular weight is 328 g/mol. The minimum Gasteiger partial charge on any atom is -0.371 e. The second-order valence-electron chi connectivity index (χ2n) is 5.57. The highest BCUT2D eigenvalue weighted by molar-refractivity contribution is 9.08. The normalized spacial score (nSPS) is 18.6.